The molecule has 36 heavy (non-hydrogen) atoms. The Labute approximate surface area is 212 Å². The van der Waals surface area contributed by atoms with Crippen molar-refractivity contribution in [3.8, 4) is 0 Å². The molecule has 0 aliphatic carbocycles. The first-order valence-corrected chi connectivity index (χ1v) is 13.7. The summed E-state index contributed by atoms with van der Waals surface area (Å²) in [6.07, 6.45) is 2.43. The number of carbonyl (C=O) groups excluding carboxylic acids is 1. The summed E-state index contributed by atoms with van der Waals surface area (Å²) in [6.45, 7) is 5.63. The molecule has 4 rings (SSSR count). The van der Waals surface area contributed by atoms with E-state index in [0.29, 0.717) is 5.92 Å². The SMILES string of the molecule is CC1CCCN(c2ccc(C(C)NC(=O)CN(c3ccccc3F)S(=O)(=O)c3ccccc3)cc2)C1. The molecule has 3 aromatic carbocycles. The van der Waals surface area contributed by atoms with Crippen LogP contribution in [-0.4, -0.2) is 34.0 Å². The molecule has 2 unspecified atom stereocenters. The van der Waals surface area contributed by atoms with Crippen molar-refractivity contribution in [1.29, 1.82) is 0 Å². The van der Waals surface area contributed by atoms with Crippen molar-refractivity contribution in [3.05, 3.63) is 90.2 Å². The largest absolute Gasteiger partial charge is 0.371 e. The van der Waals surface area contributed by atoms with E-state index in [4.69, 9.17) is 0 Å². The average Bonchev–Trinajstić information content (AvgIpc) is 2.88. The van der Waals surface area contributed by atoms with E-state index in [2.05, 4.69) is 29.3 Å². The lowest BCUT2D eigenvalue weighted by atomic mass is 9.99. The van der Waals surface area contributed by atoms with Gasteiger partial charge in [0, 0.05) is 18.8 Å². The van der Waals surface area contributed by atoms with Crippen LogP contribution in [0.4, 0.5) is 15.8 Å². The number of rotatable bonds is 8. The van der Waals surface area contributed by atoms with Crippen LogP contribution < -0.4 is 14.5 Å². The monoisotopic (exact) mass is 509 g/mol. The number of piperidine rings is 1. The summed E-state index contributed by atoms with van der Waals surface area (Å²) in [6, 6.07) is 21.0. The zero-order valence-corrected chi connectivity index (χ0v) is 21.4. The van der Waals surface area contributed by atoms with Crippen LogP contribution in [0.1, 0.15) is 38.3 Å². The number of nitrogens with one attached hydrogen (secondary N) is 1. The molecule has 0 radical (unpaired) electrons. The van der Waals surface area contributed by atoms with Crippen molar-refractivity contribution in [2.45, 2.75) is 37.6 Å². The lowest BCUT2D eigenvalue weighted by Gasteiger charge is -2.33. The number of benzene rings is 3. The molecule has 1 fully saturated rings. The van der Waals surface area contributed by atoms with Gasteiger partial charge in [-0.15, -0.1) is 0 Å². The van der Waals surface area contributed by atoms with Gasteiger partial charge in [-0.1, -0.05) is 49.4 Å². The third-order valence-electron chi connectivity index (χ3n) is 6.53. The van der Waals surface area contributed by atoms with Crippen LogP contribution in [0.25, 0.3) is 0 Å². The molecular formula is C28H32FN3O3S. The van der Waals surface area contributed by atoms with Crippen LogP contribution >= 0.6 is 0 Å². The first-order valence-electron chi connectivity index (χ1n) is 12.2. The van der Waals surface area contributed by atoms with Crippen molar-refractivity contribution in [2.24, 2.45) is 5.92 Å². The number of sulfonamides is 1. The highest BCUT2D eigenvalue weighted by atomic mass is 32.2. The Kier molecular flexibility index (Phi) is 7.94. The highest BCUT2D eigenvalue weighted by molar-refractivity contribution is 7.92. The molecule has 0 aromatic heterocycles. The lowest BCUT2D eigenvalue weighted by molar-refractivity contribution is -0.120. The zero-order valence-electron chi connectivity index (χ0n) is 20.6. The number of halogens is 1. The fraction of sp³-hybridized carbons (Fsp3) is 0.321. The van der Waals surface area contributed by atoms with Gasteiger partial charge in [-0.3, -0.25) is 9.10 Å². The maximum atomic E-state index is 14.6. The Hall–Kier alpha value is -3.39. The molecule has 1 amide bonds. The summed E-state index contributed by atoms with van der Waals surface area (Å²) in [5.41, 5.74) is 1.88. The van der Waals surface area contributed by atoms with Gasteiger partial charge in [-0.25, -0.2) is 12.8 Å². The summed E-state index contributed by atoms with van der Waals surface area (Å²) in [4.78, 5) is 15.4. The number of amides is 1. The molecule has 2 atom stereocenters. The van der Waals surface area contributed by atoms with E-state index < -0.39 is 28.3 Å². The highest BCUT2D eigenvalue weighted by Gasteiger charge is 2.29. The molecular weight excluding hydrogens is 477 g/mol. The number of nitrogens with zero attached hydrogens (tertiary/aromatic N) is 2. The molecule has 190 valence electrons. The van der Waals surface area contributed by atoms with Crippen LogP contribution in [-0.2, 0) is 14.8 Å². The first-order chi connectivity index (χ1) is 17.3. The van der Waals surface area contributed by atoms with Gasteiger partial charge in [-0.05, 0) is 67.6 Å². The fourth-order valence-electron chi connectivity index (χ4n) is 4.57. The van der Waals surface area contributed by atoms with Crippen molar-refractivity contribution in [3.63, 3.8) is 0 Å². The summed E-state index contributed by atoms with van der Waals surface area (Å²) >= 11 is 0. The Bertz CT molecular complexity index is 1280. The van der Waals surface area contributed by atoms with Gasteiger partial charge < -0.3 is 10.2 Å². The van der Waals surface area contributed by atoms with Crippen LogP contribution in [0.5, 0.6) is 0 Å². The highest BCUT2D eigenvalue weighted by Crippen LogP contribution is 2.27. The van der Waals surface area contributed by atoms with Gasteiger partial charge in [0.2, 0.25) is 5.91 Å². The van der Waals surface area contributed by atoms with E-state index in [1.54, 1.807) is 18.2 Å². The van der Waals surface area contributed by atoms with Crippen molar-refractivity contribution < 1.29 is 17.6 Å². The molecule has 6 nitrogen and oxygen atoms in total. The predicted octanol–water partition coefficient (Wildman–Crippen LogP) is 5.13. The van der Waals surface area contributed by atoms with Gasteiger partial charge in [0.25, 0.3) is 10.0 Å². The maximum Gasteiger partial charge on any atom is 0.264 e. The van der Waals surface area contributed by atoms with Gasteiger partial charge in [0.05, 0.1) is 16.6 Å². The van der Waals surface area contributed by atoms with E-state index in [1.807, 2.05) is 19.1 Å². The lowest BCUT2D eigenvalue weighted by Crippen LogP contribution is -2.42. The Morgan fingerprint density at radius 3 is 2.39 bits per heavy atom. The quantitative estimate of drug-likeness (QED) is 0.457. The third-order valence-corrected chi connectivity index (χ3v) is 8.31. The molecule has 0 bridgehead atoms. The van der Waals surface area contributed by atoms with Gasteiger partial charge >= 0.3 is 0 Å². The second-order valence-electron chi connectivity index (χ2n) is 9.35. The predicted molar refractivity (Wildman–Crippen MR) is 141 cm³/mol. The Morgan fingerprint density at radius 1 is 1.06 bits per heavy atom. The average molecular weight is 510 g/mol. The smallest absolute Gasteiger partial charge is 0.264 e. The minimum Gasteiger partial charge on any atom is -0.371 e. The van der Waals surface area contributed by atoms with Crippen molar-refractivity contribution in [1.82, 2.24) is 5.32 Å². The molecule has 1 saturated heterocycles. The van der Waals surface area contributed by atoms with E-state index in [9.17, 15) is 17.6 Å². The first kappa shape index (κ1) is 25.7. The third kappa shape index (κ3) is 5.87. The summed E-state index contributed by atoms with van der Waals surface area (Å²) in [5, 5.41) is 2.86. The summed E-state index contributed by atoms with van der Waals surface area (Å²) in [5.74, 6) is -0.583. The number of hydrogen-bond acceptors (Lipinski definition) is 4. The molecule has 1 aliphatic rings. The van der Waals surface area contributed by atoms with Crippen molar-refractivity contribution >= 4 is 27.3 Å². The Morgan fingerprint density at radius 2 is 1.72 bits per heavy atom. The van der Waals surface area contributed by atoms with E-state index in [0.717, 1.165) is 28.6 Å². The molecule has 1 N–H and O–H groups in total. The normalized spacial score (nSPS) is 16.9. The Balaban J connectivity index is 1.50. The van der Waals surface area contributed by atoms with Gasteiger partial charge in [0.15, 0.2) is 0 Å². The van der Waals surface area contributed by atoms with Gasteiger partial charge in [0.1, 0.15) is 12.4 Å². The summed E-state index contributed by atoms with van der Waals surface area (Å²) < 4.78 is 42.2. The van der Waals surface area contributed by atoms with Crippen molar-refractivity contribution in [2.75, 3.05) is 28.8 Å². The number of anilines is 2. The number of carbonyl (C=O) groups is 1. The van der Waals surface area contributed by atoms with E-state index in [-0.39, 0.29) is 16.6 Å². The van der Waals surface area contributed by atoms with E-state index >= 15 is 0 Å². The topological polar surface area (TPSA) is 69.7 Å². The molecule has 8 heteroatoms. The second kappa shape index (κ2) is 11.1. The van der Waals surface area contributed by atoms with Crippen LogP contribution in [0.2, 0.25) is 0 Å². The zero-order chi connectivity index (χ0) is 25.7. The molecule has 3 aromatic rings. The minimum absolute atomic E-state index is 0.0169. The fourth-order valence-corrected chi connectivity index (χ4v) is 6.02. The molecule has 1 aliphatic heterocycles. The maximum absolute atomic E-state index is 14.6. The second-order valence-corrected chi connectivity index (χ2v) is 11.2. The summed E-state index contributed by atoms with van der Waals surface area (Å²) in [7, 11) is -4.17. The standard InChI is InChI=1S/C28H32FN3O3S/c1-21-9-8-18-31(19-21)24-16-14-23(15-17-24)22(2)30-28(33)20-32(27-13-7-6-12-26(27)29)36(34,35)25-10-4-3-5-11-25/h3-7,10-17,21-22H,8-9,18-20H2,1-2H3,(H,30,33). The van der Waals surface area contributed by atoms with Crippen LogP contribution in [0.15, 0.2) is 83.8 Å². The van der Waals surface area contributed by atoms with Crippen LogP contribution in [0, 0.1) is 11.7 Å². The van der Waals surface area contributed by atoms with E-state index in [1.165, 1.54) is 49.2 Å². The molecule has 1 heterocycles. The van der Waals surface area contributed by atoms with Gasteiger partial charge in [-0.2, -0.15) is 0 Å². The van der Waals surface area contributed by atoms with Crippen LogP contribution in [0.3, 0.4) is 0 Å². The molecule has 0 saturated carbocycles. The minimum atomic E-state index is -4.17. The molecule has 0 spiro atoms. The number of para-hydroxylation sites is 1. The number of hydrogen-bond donors (Lipinski definition) is 1.